The molecule has 138 valence electrons. The number of aromatic nitrogens is 1. The van der Waals surface area contributed by atoms with E-state index in [0.717, 1.165) is 48.3 Å². The number of carbonyl (C=O) groups excluding carboxylic acids is 1. The predicted octanol–water partition coefficient (Wildman–Crippen LogP) is 3.50. The van der Waals surface area contributed by atoms with E-state index in [1.807, 2.05) is 10.1 Å². The lowest BCUT2D eigenvalue weighted by Gasteiger charge is -2.07. The Labute approximate surface area is 156 Å². The molecular formula is C19H24N4O2S. The van der Waals surface area contributed by atoms with Gasteiger partial charge in [-0.2, -0.15) is 5.10 Å². The molecule has 1 aromatic carbocycles. The van der Waals surface area contributed by atoms with Gasteiger partial charge in [0.05, 0.1) is 11.3 Å². The van der Waals surface area contributed by atoms with Gasteiger partial charge in [-0.3, -0.25) is 9.79 Å². The first-order chi connectivity index (χ1) is 12.6. The molecule has 0 atom stereocenters. The minimum Gasteiger partial charge on any atom is -0.507 e. The number of hydrogen-bond donors (Lipinski definition) is 2. The van der Waals surface area contributed by atoms with Gasteiger partial charge < -0.3 is 10.8 Å². The molecular weight excluding hydrogens is 348 g/mol. The molecule has 0 unspecified atom stereocenters. The van der Waals surface area contributed by atoms with Crippen LogP contribution >= 0.6 is 11.3 Å². The Hall–Kier alpha value is -2.41. The van der Waals surface area contributed by atoms with Gasteiger partial charge in [0.2, 0.25) is 4.80 Å². The third-order valence-electron chi connectivity index (χ3n) is 4.42. The smallest absolute Gasteiger partial charge is 0.252 e. The highest BCUT2D eigenvalue weighted by Gasteiger charge is 2.15. The molecule has 0 radical (unpaired) electrons. The first kappa shape index (κ1) is 18.4. The Morgan fingerprint density at radius 3 is 2.81 bits per heavy atom. The molecule has 1 heterocycles. The maximum absolute atomic E-state index is 11.6. The van der Waals surface area contributed by atoms with Gasteiger partial charge in [0.15, 0.2) is 0 Å². The van der Waals surface area contributed by atoms with Crippen LogP contribution in [-0.2, 0) is 0 Å². The highest BCUT2D eigenvalue weighted by molar-refractivity contribution is 7.07. The van der Waals surface area contributed by atoms with Crippen LogP contribution in [0.1, 0.15) is 55.8 Å². The van der Waals surface area contributed by atoms with E-state index in [2.05, 4.69) is 6.92 Å². The number of amides is 1. The largest absolute Gasteiger partial charge is 0.507 e. The van der Waals surface area contributed by atoms with Gasteiger partial charge in [-0.05, 0) is 50.3 Å². The predicted molar refractivity (Wildman–Crippen MR) is 105 cm³/mol. The van der Waals surface area contributed by atoms with Crippen molar-refractivity contribution in [2.45, 2.75) is 45.4 Å². The Morgan fingerprint density at radius 1 is 1.35 bits per heavy atom. The zero-order valence-corrected chi connectivity index (χ0v) is 15.8. The van der Waals surface area contributed by atoms with Crippen LogP contribution in [0.2, 0.25) is 0 Å². The quantitative estimate of drug-likeness (QED) is 0.760. The number of thiazole rings is 1. The van der Waals surface area contributed by atoms with Crippen LogP contribution in [0.15, 0.2) is 33.7 Å². The maximum atomic E-state index is 11.6. The van der Waals surface area contributed by atoms with E-state index in [-0.39, 0.29) is 11.3 Å². The highest BCUT2D eigenvalue weighted by Crippen LogP contribution is 2.27. The Kier molecular flexibility index (Phi) is 5.88. The first-order valence-corrected chi connectivity index (χ1v) is 9.89. The molecule has 1 fully saturated rings. The lowest BCUT2D eigenvalue weighted by atomic mass is 10.1. The Morgan fingerprint density at radius 2 is 2.12 bits per heavy atom. The van der Waals surface area contributed by atoms with E-state index >= 15 is 0 Å². The fourth-order valence-corrected chi connectivity index (χ4v) is 3.81. The second-order valence-corrected chi connectivity index (χ2v) is 7.26. The van der Waals surface area contributed by atoms with Crippen molar-refractivity contribution in [3.8, 4) is 17.0 Å². The van der Waals surface area contributed by atoms with Crippen molar-refractivity contribution < 1.29 is 9.90 Å². The number of carbonyl (C=O) groups is 1. The normalized spacial score (nSPS) is 14.8. The van der Waals surface area contributed by atoms with Gasteiger partial charge in [-0.1, -0.05) is 13.3 Å². The maximum Gasteiger partial charge on any atom is 0.252 e. The molecule has 1 saturated carbocycles. The summed E-state index contributed by atoms with van der Waals surface area (Å²) in [5.41, 5.74) is 8.29. The summed E-state index contributed by atoms with van der Waals surface area (Å²) in [5.74, 6) is -0.765. The van der Waals surface area contributed by atoms with Crippen molar-refractivity contribution in [3.05, 3.63) is 33.9 Å². The summed E-state index contributed by atoms with van der Waals surface area (Å²) in [7, 11) is 0. The fourth-order valence-electron chi connectivity index (χ4n) is 2.95. The summed E-state index contributed by atoms with van der Waals surface area (Å²) in [5, 5.41) is 16.7. The van der Waals surface area contributed by atoms with Gasteiger partial charge >= 0.3 is 0 Å². The van der Waals surface area contributed by atoms with E-state index in [1.54, 1.807) is 12.1 Å². The van der Waals surface area contributed by atoms with E-state index in [1.165, 1.54) is 36.0 Å². The Bertz CT molecular complexity index is 887. The van der Waals surface area contributed by atoms with Gasteiger partial charge in [-0.15, -0.1) is 11.3 Å². The van der Waals surface area contributed by atoms with Crippen LogP contribution in [0.4, 0.5) is 0 Å². The van der Waals surface area contributed by atoms with Crippen LogP contribution < -0.4 is 10.5 Å². The summed E-state index contributed by atoms with van der Waals surface area (Å²) in [4.78, 5) is 17.1. The SMILES string of the molecule is CCCCN=c1scc(-c2ccc(O)c(C(N)=O)c2)n1N=C1CCCC1. The molecule has 0 bridgehead atoms. The molecule has 0 spiro atoms. The number of hydrogen-bond acceptors (Lipinski definition) is 5. The fraction of sp³-hybridized carbons (Fsp3) is 0.421. The zero-order chi connectivity index (χ0) is 18.5. The number of aromatic hydroxyl groups is 1. The number of nitrogens with zero attached hydrogens (tertiary/aromatic N) is 3. The second-order valence-electron chi connectivity index (χ2n) is 6.42. The van der Waals surface area contributed by atoms with Crippen LogP contribution in [0, 0.1) is 0 Å². The van der Waals surface area contributed by atoms with Crippen LogP contribution in [0.25, 0.3) is 11.3 Å². The van der Waals surface area contributed by atoms with Gasteiger partial charge in [-0.25, -0.2) is 4.68 Å². The second kappa shape index (κ2) is 8.31. The minimum atomic E-state index is -0.652. The summed E-state index contributed by atoms with van der Waals surface area (Å²) in [6, 6.07) is 4.87. The molecule has 1 aromatic heterocycles. The third kappa shape index (κ3) is 4.04. The molecule has 0 aliphatic heterocycles. The van der Waals surface area contributed by atoms with Gasteiger partial charge in [0.25, 0.3) is 5.91 Å². The molecule has 7 heteroatoms. The molecule has 6 nitrogen and oxygen atoms in total. The average Bonchev–Trinajstić information content (AvgIpc) is 3.26. The van der Waals surface area contributed by atoms with Crippen molar-refractivity contribution in [1.29, 1.82) is 0 Å². The molecule has 26 heavy (non-hydrogen) atoms. The number of unbranched alkanes of at least 4 members (excludes halogenated alkanes) is 1. The number of rotatable bonds is 6. The first-order valence-electron chi connectivity index (χ1n) is 9.01. The summed E-state index contributed by atoms with van der Waals surface area (Å²) in [6.07, 6.45) is 6.50. The van der Waals surface area contributed by atoms with Gasteiger partial charge in [0.1, 0.15) is 5.75 Å². The number of nitrogens with two attached hydrogens (primary N) is 1. The molecule has 3 rings (SSSR count). The summed E-state index contributed by atoms with van der Waals surface area (Å²) >= 11 is 1.53. The Balaban J connectivity index is 2.09. The van der Waals surface area contributed by atoms with E-state index in [4.69, 9.17) is 15.8 Å². The van der Waals surface area contributed by atoms with Crippen molar-refractivity contribution in [3.63, 3.8) is 0 Å². The monoisotopic (exact) mass is 372 g/mol. The van der Waals surface area contributed by atoms with E-state index in [0.29, 0.717) is 0 Å². The van der Waals surface area contributed by atoms with Crippen molar-refractivity contribution in [2.24, 2.45) is 15.8 Å². The third-order valence-corrected chi connectivity index (χ3v) is 5.28. The van der Waals surface area contributed by atoms with E-state index < -0.39 is 5.91 Å². The lowest BCUT2D eigenvalue weighted by molar-refractivity contribution is 0.0998. The molecule has 3 N–H and O–H groups in total. The molecule has 0 saturated heterocycles. The standard InChI is InChI=1S/C19H24N4O2S/c1-2-3-10-21-19-23(22-14-6-4-5-7-14)16(12-26-19)13-8-9-17(24)15(11-13)18(20)25/h8-9,11-12,24H,2-7,10H2,1H3,(H2,20,25). The van der Waals surface area contributed by atoms with E-state index in [9.17, 15) is 9.90 Å². The minimum absolute atomic E-state index is 0.109. The van der Waals surface area contributed by atoms with Crippen LogP contribution in [0.3, 0.4) is 0 Å². The highest BCUT2D eigenvalue weighted by atomic mass is 32.1. The molecule has 1 aliphatic rings. The molecule has 1 amide bonds. The lowest BCUT2D eigenvalue weighted by Crippen LogP contribution is -2.15. The van der Waals surface area contributed by atoms with Gasteiger partial charge in [0, 0.05) is 23.2 Å². The summed E-state index contributed by atoms with van der Waals surface area (Å²) < 4.78 is 1.87. The number of phenols is 1. The number of primary amides is 1. The van der Waals surface area contributed by atoms with Crippen molar-refractivity contribution >= 4 is 23.0 Å². The van der Waals surface area contributed by atoms with Crippen molar-refractivity contribution in [2.75, 3.05) is 6.54 Å². The van der Waals surface area contributed by atoms with Crippen LogP contribution in [0.5, 0.6) is 5.75 Å². The topological polar surface area (TPSA) is 93.0 Å². The van der Waals surface area contributed by atoms with Crippen molar-refractivity contribution in [1.82, 2.24) is 4.68 Å². The molecule has 1 aliphatic carbocycles. The van der Waals surface area contributed by atoms with Crippen LogP contribution in [-0.4, -0.2) is 27.9 Å². The molecule has 2 aromatic rings. The average molecular weight is 372 g/mol. The number of benzene rings is 1. The summed E-state index contributed by atoms with van der Waals surface area (Å²) in [6.45, 7) is 2.91. The zero-order valence-electron chi connectivity index (χ0n) is 14.9.